The van der Waals surface area contributed by atoms with E-state index in [9.17, 15) is 4.57 Å². The summed E-state index contributed by atoms with van der Waals surface area (Å²) in [6.45, 7) is 0. The van der Waals surface area contributed by atoms with Crippen molar-refractivity contribution in [1.29, 1.82) is 0 Å². The molecule has 2 aromatic rings. The van der Waals surface area contributed by atoms with E-state index in [-0.39, 0.29) is 0 Å². The molecular formula is C8H10N3O4P. The zero-order valence-corrected chi connectivity index (χ0v) is 9.01. The van der Waals surface area contributed by atoms with Gasteiger partial charge in [0.1, 0.15) is 6.33 Å². The number of hydrogen-bond acceptors (Lipinski definition) is 4. The predicted octanol–water partition coefficient (Wildman–Crippen LogP) is 0.486. The predicted molar refractivity (Wildman–Crippen MR) is 55.1 cm³/mol. The fourth-order valence-electron chi connectivity index (χ4n) is 0.731. The summed E-state index contributed by atoms with van der Waals surface area (Å²) < 4.78 is 15.0. The summed E-state index contributed by atoms with van der Waals surface area (Å²) in [5, 5.41) is 0. The van der Waals surface area contributed by atoms with Crippen molar-refractivity contribution in [2.75, 3.05) is 0 Å². The van der Waals surface area contributed by atoms with Crippen molar-refractivity contribution in [3.8, 4) is 0 Å². The van der Waals surface area contributed by atoms with Gasteiger partial charge in [-0.1, -0.05) is 6.07 Å². The van der Waals surface area contributed by atoms with Crippen LogP contribution >= 0.6 is 7.82 Å². The summed E-state index contributed by atoms with van der Waals surface area (Å²) >= 11 is 0. The molecule has 2 heterocycles. The molecule has 0 aliphatic rings. The van der Waals surface area contributed by atoms with Gasteiger partial charge in [-0.05, 0) is 12.1 Å². The van der Waals surface area contributed by atoms with Gasteiger partial charge in [0.25, 0.3) is 0 Å². The maximum Gasteiger partial charge on any atom is 0.543 e. The first-order valence-corrected chi connectivity index (χ1v) is 5.69. The van der Waals surface area contributed by atoms with Gasteiger partial charge in [0.05, 0.1) is 6.20 Å². The van der Waals surface area contributed by atoms with E-state index in [4.69, 9.17) is 9.79 Å². The first kappa shape index (κ1) is 12.4. The second-order valence-corrected chi connectivity index (χ2v) is 3.66. The molecule has 8 heteroatoms. The van der Waals surface area contributed by atoms with E-state index in [1.807, 2.05) is 18.2 Å². The van der Waals surface area contributed by atoms with Crippen molar-refractivity contribution < 1.29 is 19.0 Å². The first-order valence-electron chi connectivity index (χ1n) is 4.16. The van der Waals surface area contributed by atoms with E-state index in [1.54, 1.807) is 12.4 Å². The lowest BCUT2D eigenvalue weighted by Gasteiger charge is -2.03. The number of hydrogen-bond donors (Lipinski definition) is 2. The van der Waals surface area contributed by atoms with Crippen LogP contribution in [0.15, 0.2) is 49.3 Å². The smallest absolute Gasteiger partial charge is 0.310 e. The van der Waals surface area contributed by atoms with Crippen LogP contribution in [-0.2, 0) is 4.57 Å². The molecule has 0 amide bonds. The van der Waals surface area contributed by atoms with Gasteiger partial charge >= 0.3 is 7.82 Å². The van der Waals surface area contributed by atoms with Crippen LogP contribution in [0.2, 0.25) is 0 Å². The zero-order valence-electron chi connectivity index (χ0n) is 8.12. The molecule has 0 saturated heterocycles. The summed E-state index contributed by atoms with van der Waals surface area (Å²) in [6, 6.07) is 5.72. The fourth-order valence-corrected chi connectivity index (χ4v) is 1.07. The van der Waals surface area contributed by atoms with E-state index < -0.39 is 7.82 Å². The third-order valence-corrected chi connectivity index (χ3v) is 1.65. The molecule has 7 nitrogen and oxygen atoms in total. The third-order valence-electron chi connectivity index (χ3n) is 1.25. The van der Waals surface area contributed by atoms with E-state index in [0.29, 0.717) is 0 Å². The number of aromatic nitrogens is 3. The molecule has 2 aromatic heterocycles. The standard InChI is InChI=1S/C5H5N.C3H5N2O4P/c1-2-4-6-5-3-1;6-10(7,8)9-5-2-1-4-3-5/h1-5H;1-3H,(H2,6,7,8). The lowest BCUT2D eigenvalue weighted by atomic mass is 10.5. The SMILES string of the molecule is O=P(O)(O)On1ccnc1.c1ccncc1. The molecule has 0 fully saturated rings. The molecule has 0 atom stereocenters. The summed E-state index contributed by atoms with van der Waals surface area (Å²) in [7, 11) is -4.43. The highest BCUT2D eigenvalue weighted by molar-refractivity contribution is 7.46. The number of pyridine rings is 1. The molecule has 2 N–H and O–H groups in total. The Bertz CT molecular complexity index is 401. The highest BCUT2D eigenvalue weighted by Crippen LogP contribution is 2.30. The van der Waals surface area contributed by atoms with Gasteiger partial charge in [0, 0.05) is 18.6 Å². The minimum Gasteiger partial charge on any atom is -0.310 e. The molecule has 0 spiro atoms. The summed E-state index contributed by atoms with van der Waals surface area (Å²) in [4.78, 5) is 23.7. The molecule has 0 radical (unpaired) electrons. The Labute approximate surface area is 91.6 Å². The molecule has 0 aliphatic carbocycles. The average molecular weight is 243 g/mol. The van der Waals surface area contributed by atoms with Crippen LogP contribution < -0.4 is 4.62 Å². The summed E-state index contributed by atoms with van der Waals surface area (Å²) in [5.41, 5.74) is 0. The van der Waals surface area contributed by atoms with Gasteiger partial charge in [-0.25, -0.2) is 9.55 Å². The zero-order chi connectivity index (χ0) is 11.9. The third kappa shape index (κ3) is 5.92. The topological polar surface area (TPSA) is 97.5 Å². The van der Waals surface area contributed by atoms with Gasteiger partial charge in [0.2, 0.25) is 0 Å². The van der Waals surface area contributed by atoms with Crippen LogP contribution in [0.1, 0.15) is 0 Å². The number of nitrogens with zero attached hydrogens (tertiary/aromatic N) is 3. The highest BCUT2D eigenvalue weighted by atomic mass is 31.2. The van der Waals surface area contributed by atoms with Crippen molar-refractivity contribution in [3.05, 3.63) is 49.3 Å². The van der Waals surface area contributed by atoms with Crippen LogP contribution in [0.25, 0.3) is 0 Å². The normalized spacial score (nSPS) is 10.1. The van der Waals surface area contributed by atoms with Gasteiger partial charge in [-0.2, -0.15) is 4.73 Å². The van der Waals surface area contributed by atoms with Crippen LogP contribution in [0, 0.1) is 0 Å². The Balaban J connectivity index is 0.000000181. The minimum absolute atomic E-state index is 0.834. The number of phosphoric acid groups is 1. The Morgan fingerprint density at radius 3 is 2.06 bits per heavy atom. The van der Waals surface area contributed by atoms with Crippen molar-refractivity contribution in [2.24, 2.45) is 0 Å². The van der Waals surface area contributed by atoms with E-state index >= 15 is 0 Å². The summed E-state index contributed by atoms with van der Waals surface area (Å²) in [6.07, 6.45) is 7.26. The molecule has 86 valence electrons. The molecule has 0 saturated carbocycles. The van der Waals surface area contributed by atoms with Crippen LogP contribution in [-0.4, -0.2) is 24.5 Å². The average Bonchev–Trinajstić information content (AvgIpc) is 2.71. The fraction of sp³-hybridized carbons (Fsp3) is 0. The highest BCUT2D eigenvalue weighted by Gasteiger charge is 2.15. The second kappa shape index (κ2) is 6.02. The minimum atomic E-state index is -4.43. The van der Waals surface area contributed by atoms with E-state index in [0.717, 1.165) is 11.1 Å². The van der Waals surface area contributed by atoms with E-state index in [2.05, 4.69) is 14.6 Å². The molecular weight excluding hydrogens is 233 g/mol. The molecule has 0 bridgehead atoms. The molecule has 0 unspecified atom stereocenters. The molecule has 2 rings (SSSR count). The monoisotopic (exact) mass is 243 g/mol. The summed E-state index contributed by atoms with van der Waals surface area (Å²) in [5.74, 6) is 0. The molecule has 16 heavy (non-hydrogen) atoms. The van der Waals surface area contributed by atoms with Crippen LogP contribution in [0.4, 0.5) is 0 Å². The quantitative estimate of drug-likeness (QED) is 0.745. The van der Waals surface area contributed by atoms with Crippen LogP contribution in [0.3, 0.4) is 0 Å². The lowest BCUT2D eigenvalue weighted by molar-refractivity contribution is 0.177. The largest absolute Gasteiger partial charge is 0.543 e. The maximum atomic E-state index is 10.1. The Morgan fingerprint density at radius 2 is 1.75 bits per heavy atom. The Kier molecular flexibility index (Phi) is 4.65. The molecule has 0 aromatic carbocycles. The van der Waals surface area contributed by atoms with Gasteiger partial charge in [-0.3, -0.25) is 14.8 Å². The maximum absolute atomic E-state index is 10.1. The van der Waals surface area contributed by atoms with Crippen molar-refractivity contribution >= 4 is 7.82 Å². The van der Waals surface area contributed by atoms with Crippen molar-refractivity contribution in [3.63, 3.8) is 0 Å². The van der Waals surface area contributed by atoms with Gasteiger partial charge in [-0.15, -0.1) is 0 Å². The van der Waals surface area contributed by atoms with Gasteiger partial charge in [0.15, 0.2) is 0 Å². The van der Waals surface area contributed by atoms with Crippen LogP contribution in [0.5, 0.6) is 0 Å². The first-order chi connectivity index (χ1) is 7.58. The number of rotatable bonds is 2. The van der Waals surface area contributed by atoms with Crippen molar-refractivity contribution in [1.82, 2.24) is 14.7 Å². The Hall–Kier alpha value is -1.69. The number of imidazole rings is 1. The molecule has 0 aliphatic heterocycles. The Morgan fingerprint density at radius 1 is 1.06 bits per heavy atom. The van der Waals surface area contributed by atoms with Crippen molar-refractivity contribution in [2.45, 2.75) is 0 Å². The van der Waals surface area contributed by atoms with E-state index in [1.165, 1.54) is 12.4 Å². The second-order valence-electron chi connectivity index (χ2n) is 2.52. The lowest BCUT2D eigenvalue weighted by Crippen LogP contribution is -2.04. The van der Waals surface area contributed by atoms with Gasteiger partial charge < -0.3 is 4.62 Å².